The lowest BCUT2D eigenvalue weighted by Crippen LogP contribution is -2.17. The molecule has 0 atom stereocenters. The fraction of sp³-hybridized carbons (Fsp3) is 0.333. The second-order valence-corrected chi connectivity index (χ2v) is 1.61. The van der Waals surface area contributed by atoms with Crippen LogP contribution in [-0.2, 0) is 9.63 Å². The minimum Gasteiger partial charge on any atom is -0.366 e. The molecule has 0 radical (unpaired) electrons. The topological polar surface area (TPSA) is 41.9 Å². The molecule has 0 unspecified atom stereocenters. The van der Waals surface area contributed by atoms with E-state index in [1.165, 1.54) is 17.4 Å². The standard InChI is InChI=1S/C6H10N2O2/c1-3-10-7-4-5-8(2)6-9/h3-4,6H,1,5H2,2H3/b7-4+. The predicted octanol–water partition coefficient (Wildman–Crippen LogP) is 0.220. The first-order valence-electron chi connectivity index (χ1n) is 2.75. The van der Waals surface area contributed by atoms with Gasteiger partial charge in [-0.3, -0.25) is 4.79 Å². The highest BCUT2D eigenvalue weighted by Gasteiger charge is 1.85. The number of rotatable bonds is 5. The van der Waals surface area contributed by atoms with Crippen LogP contribution in [0.3, 0.4) is 0 Å². The maximum absolute atomic E-state index is 9.97. The van der Waals surface area contributed by atoms with Gasteiger partial charge < -0.3 is 9.74 Å². The summed E-state index contributed by atoms with van der Waals surface area (Å²) in [4.78, 5) is 15.8. The molecule has 0 aromatic heterocycles. The van der Waals surface area contributed by atoms with E-state index < -0.39 is 0 Å². The molecule has 4 nitrogen and oxygen atoms in total. The average Bonchev–Trinajstić information content (AvgIpc) is 1.98. The molecule has 4 heteroatoms. The van der Waals surface area contributed by atoms with Crippen LogP contribution in [0.1, 0.15) is 0 Å². The number of hydrogen-bond acceptors (Lipinski definition) is 3. The summed E-state index contributed by atoms with van der Waals surface area (Å²) in [5.74, 6) is 0. The van der Waals surface area contributed by atoms with Crippen molar-refractivity contribution < 1.29 is 9.63 Å². The van der Waals surface area contributed by atoms with Crippen LogP contribution in [0.4, 0.5) is 0 Å². The maximum Gasteiger partial charge on any atom is 0.209 e. The zero-order chi connectivity index (χ0) is 7.82. The van der Waals surface area contributed by atoms with Crippen molar-refractivity contribution in [3.05, 3.63) is 12.8 Å². The summed E-state index contributed by atoms with van der Waals surface area (Å²) in [5, 5.41) is 3.43. The van der Waals surface area contributed by atoms with Gasteiger partial charge in [0.25, 0.3) is 0 Å². The first kappa shape index (κ1) is 8.68. The molecule has 0 saturated heterocycles. The van der Waals surface area contributed by atoms with E-state index in [0.717, 1.165) is 0 Å². The van der Waals surface area contributed by atoms with Crippen LogP contribution in [0, 0.1) is 0 Å². The fourth-order valence-corrected chi connectivity index (χ4v) is 0.291. The Morgan fingerprint density at radius 2 is 2.50 bits per heavy atom. The lowest BCUT2D eigenvalue weighted by molar-refractivity contribution is -0.116. The van der Waals surface area contributed by atoms with Crippen LogP contribution < -0.4 is 0 Å². The molecular weight excluding hydrogens is 132 g/mol. The fourth-order valence-electron chi connectivity index (χ4n) is 0.291. The Kier molecular flexibility index (Phi) is 5.04. The summed E-state index contributed by atoms with van der Waals surface area (Å²) in [7, 11) is 1.65. The van der Waals surface area contributed by atoms with Crippen LogP contribution in [0.25, 0.3) is 0 Å². The van der Waals surface area contributed by atoms with E-state index in [1.54, 1.807) is 7.05 Å². The lowest BCUT2D eigenvalue weighted by atomic mass is 10.6. The summed E-state index contributed by atoms with van der Waals surface area (Å²) >= 11 is 0. The molecule has 0 aliphatic rings. The van der Waals surface area contributed by atoms with E-state index in [-0.39, 0.29) is 0 Å². The zero-order valence-corrected chi connectivity index (χ0v) is 5.86. The smallest absolute Gasteiger partial charge is 0.209 e. The van der Waals surface area contributed by atoms with E-state index in [4.69, 9.17) is 0 Å². The Labute approximate surface area is 59.8 Å². The number of amides is 1. The first-order chi connectivity index (χ1) is 4.81. The van der Waals surface area contributed by atoms with Crippen molar-refractivity contribution in [3.8, 4) is 0 Å². The molecule has 0 saturated carbocycles. The van der Waals surface area contributed by atoms with Gasteiger partial charge >= 0.3 is 0 Å². The van der Waals surface area contributed by atoms with Crippen molar-refractivity contribution >= 4 is 12.6 Å². The summed E-state index contributed by atoms with van der Waals surface area (Å²) in [5.41, 5.74) is 0. The summed E-state index contributed by atoms with van der Waals surface area (Å²) < 4.78 is 0. The van der Waals surface area contributed by atoms with Gasteiger partial charge in [-0.2, -0.15) is 0 Å². The van der Waals surface area contributed by atoms with Gasteiger partial charge in [-0.1, -0.05) is 11.7 Å². The van der Waals surface area contributed by atoms with E-state index in [1.807, 2.05) is 0 Å². The van der Waals surface area contributed by atoms with Gasteiger partial charge in [-0.05, 0) is 0 Å². The number of carbonyl (C=O) groups excluding carboxylic acids is 1. The zero-order valence-electron chi connectivity index (χ0n) is 5.86. The molecule has 0 fully saturated rings. The molecule has 1 amide bonds. The highest BCUT2D eigenvalue weighted by Crippen LogP contribution is 1.74. The summed E-state index contributed by atoms with van der Waals surface area (Å²) in [6.45, 7) is 3.72. The first-order valence-corrected chi connectivity index (χ1v) is 2.75. The quantitative estimate of drug-likeness (QED) is 0.238. The van der Waals surface area contributed by atoms with Crippen molar-refractivity contribution in [2.24, 2.45) is 5.16 Å². The van der Waals surface area contributed by atoms with Crippen molar-refractivity contribution in [1.29, 1.82) is 0 Å². The van der Waals surface area contributed by atoms with Crippen molar-refractivity contribution in [2.75, 3.05) is 13.6 Å². The molecule has 0 aliphatic carbocycles. The molecule has 0 aromatic rings. The predicted molar refractivity (Wildman–Crippen MR) is 38.5 cm³/mol. The molecule has 0 N–H and O–H groups in total. The minimum absolute atomic E-state index is 0.442. The Balaban J connectivity index is 3.32. The van der Waals surface area contributed by atoms with Crippen LogP contribution in [0.2, 0.25) is 0 Å². The van der Waals surface area contributed by atoms with E-state index in [2.05, 4.69) is 16.6 Å². The SMILES string of the molecule is C=CO/N=C/CN(C)C=O. The average molecular weight is 142 g/mol. The van der Waals surface area contributed by atoms with E-state index in [9.17, 15) is 4.79 Å². The van der Waals surface area contributed by atoms with Crippen LogP contribution >= 0.6 is 0 Å². The van der Waals surface area contributed by atoms with E-state index >= 15 is 0 Å². The lowest BCUT2D eigenvalue weighted by Gasteiger charge is -2.03. The van der Waals surface area contributed by atoms with Gasteiger partial charge in [-0.25, -0.2) is 0 Å². The van der Waals surface area contributed by atoms with Gasteiger partial charge in [0.05, 0.1) is 12.8 Å². The minimum atomic E-state index is 0.442. The molecule has 0 rings (SSSR count). The van der Waals surface area contributed by atoms with Gasteiger partial charge in [0.1, 0.15) is 6.26 Å². The van der Waals surface area contributed by atoms with Crippen molar-refractivity contribution in [3.63, 3.8) is 0 Å². The molecule has 0 spiro atoms. The van der Waals surface area contributed by atoms with Gasteiger partial charge in [0, 0.05) is 7.05 Å². The summed E-state index contributed by atoms with van der Waals surface area (Å²) in [6, 6.07) is 0. The molecule has 0 heterocycles. The highest BCUT2D eigenvalue weighted by molar-refractivity contribution is 5.63. The van der Waals surface area contributed by atoms with Crippen molar-refractivity contribution in [2.45, 2.75) is 0 Å². The molecule has 0 aliphatic heterocycles. The summed E-state index contributed by atoms with van der Waals surface area (Å²) in [6.07, 6.45) is 3.38. The normalized spacial score (nSPS) is 9.30. The number of oxime groups is 1. The Morgan fingerprint density at radius 3 is 3.00 bits per heavy atom. The Hall–Kier alpha value is -1.32. The molecule has 56 valence electrons. The monoisotopic (exact) mass is 142 g/mol. The Morgan fingerprint density at radius 1 is 1.80 bits per heavy atom. The number of carbonyl (C=O) groups is 1. The third-order valence-corrected chi connectivity index (χ3v) is 0.760. The van der Waals surface area contributed by atoms with Crippen molar-refractivity contribution in [1.82, 2.24) is 4.90 Å². The second-order valence-electron chi connectivity index (χ2n) is 1.61. The second kappa shape index (κ2) is 5.81. The third-order valence-electron chi connectivity index (χ3n) is 0.760. The van der Waals surface area contributed by atoms with Gasteiger partial charge in [0.2, 0.25) is 6.41 Å². The Bertz CT molecular complexity index is 134. The molecule has 0 bridgehead atoms. The van der Waals surface area contributed by atoms with Gasteiger partial charge in [0.15, 0.2) is 0 Å². The third kappa shape index (κ3) is 4.83. The number of nitrogens with zero attached hydrogens (tertiary/aromatic N) is 2. The van der Waals surface area contributed by atoms with E-state index in [0.29, 0.717) is 13.0 Å². The largest absolute Gasteiger partial charge is 0.366 e. The molecule has 10 heavy (non-hydrogen) atoms. The maximum atomic E-state index is 9.97. The van der Waals surface area contributed by atoms with Crippen LogP contribution in [-0.4, -0.2) is 31.1 Å². The number of hydrogen-bond donors (Lipinski definition) is 0. The highest BCUT2D eigenvalue weighted by atomic mass is 16.6. The molecule has 0 aromatic carbocycles. The molecular formula is C6H10N2O2. The van der Waals surface area contributed by atoms with Crippen LogP contribution in [0.5, 0.6) is 0 Å². The van der Waals surface area contributed by atoms with Crippen LogP contribution in [0.15, 0.2) is 18.0 Å². The van der Waals surface area contributed by atoms with Gasteiger partial charge in [-0.15, -0.1) is 0 Å².